The van der Waals surface area contributed by atoms with E-state index in [0.717, 1.165) is 6.42 Å². The molecule has 0 saturated carbocycles. The van der Waals surface area contributed by atoms with Crippen LogP contribution in [0.1, 0.15) is 39.0 Å². The maximum atomic E-state index is 11.5. The average molecular weight is 366 g/mol. The number of carbonyl (C=O) groups is 4. The lowest BCUT2D eigenvalue weighted by molar-refractivity contribution is -0.148. The molecule has 1 N–H and O–H groups in total. The topological polar surface area (TPSA) is 104 Å². The zero-order valence-electron chi connectivity index (χ0n) is 15.5. The van der Waals surface area contributed by atoms with Gasteiger partial charge in [0.25, 0.3) is 6.92 Å². The Hall–Kier alpha value is -1.90. The number of rotatable bonds is 5. The Labute approximate surface area is 153 Å². The van der Waals surface area contributed by atoms with Crippen LogP contribution in [0.15, 0.2) is 0 Å². The smallest absolute Gasteiger partial charge is 0.325 e. The van der Waals surface area contributed by atoms with Gasteiger partial charge in [-0.15, -0.1) is 0 Å². The molecule has 3 rings (SSSR count). The van der Waals surface area contributed by atoms with Gasteiger partial charge in [-0.25, -0.2) is 0 Å². The van der Waals surface area contributed by atoms with Gasteiger partial charge in [-0.2, -0.15) is 0 Å². The van der Waals surface area contributed by atoms with Crippen LogP contribution in [-0.2, 0) is 23.9 Å². The number of likely N-dealkylation sites (tertiary alicyclic amines) is 1. The van der Waals surface area contributed by atoms with Crippen molar-refractivity contribution in [2.75, 3.05) is 19.7 Å². The summed E-state index contributed by atoms with van der Waals surface area (Å²) in [5, 5.41) is 9.30. The van der Waals surface area contributed by atoms with Crippen LogP contribution < -0.4 is 0 Å². The number of ether oxygens (including phenoxy) is 1. The second-order valence-electron chi connectivity index (χ2n) is 7.06. The molecular weight excluding hydrogens is 339 g/mol. The first-order valence-corrected chi connectivity index (χ1v) is 9.26. The van der Waals surface area contributed by atoms with E-state index in [1.165, 1.54) is 4.90 Å². The number of carbonyl (C=O) groups excluding carboxylic acids is 4. The Morgan fingerprint density at radius 3 is 2.54 bits per heavy atom. The fraction of sp³-hybridized carbons (Fsp3) is 0.765. The minimum Gasteiger partial charge on any atom is -0.465 e. The van der Waals surface area contributed by atoms with Gasteiger partial charge >= 0.3 is 5.97 Å². The van der Waals surface area contributed by atoms with E-state index in [0.29, 0.717) is 45.2 Å². The first-order chi connectivity index (χ1) is 12.3. The summed E-state index contributed by atoms with van der Waals surface area (Å²) in [6.45, 7) is 3.67. The van der Waals surface area contributed by atoms with Gasteiger partial charge in [-0.3, -0.25) is 19.2 Å². The number of Topliss-reactive ketones (excluding diaryl/α,β-unsaturated/α-hetero) is 1. The highest BCUT2D eigenvalue weighted by Crippen LogP contribution is 2.26. The van der Waals surface area contributed by atoms with Crippen molar-refractivity contribution in [2.45, 2.75) is 64.3 Å². The molecule has 26 heavy (non-hydrogen) atoms. The molecule has 9 heteroatoms. The lowest BCUT2D eigenvalue weighted by Gasteiger charge is -2.24. The van der Waals surface area contributed by atoms with Crippen LogP contribution in [-0.4, -0.2) is 77.1 Å². The lowest BCUT2D eigenvalue weighted by atomic mass is 9.65. The van der Waals surface area contributed by atoms with E-state index < -0.39 is 6.92 Å². The monoisotopic (exact) mass is 366 g/mol. The molecule has 0 bridgehead atoms. The van der Waals surface area contributed by atoms with Gasteiger partial charge in [0.1, 0.15) is 6.54 Å². The van der Waals surface area contributed by atoms with E-state index >= 15 is 0 Å². The second-order valence-corrected chi connectivity index (χ2v) is 7.06. The Morgan fingerprint density at radius 1 is 1.23 bits per heavy atom. The van der Waals surface area contributed by atoms with Crippen LogP contribution in [0.5, 0.6) is 0 Å². The Morgan fingerprint density at radius 2 is 1.92 bits per heavy atom. The summed E-state index contributed by atoms with van der Waals surface area (Å²) in [5.74, 6) is -0.0269. The molecule has 0 aliphatic carbocycles. The Kier molecular flexibility index (Phi) is 7.19. The minimum atomic E-state index is -0.458. The van der Waals surface area contributed by atoms with Gasteiger partial charge < -0.3 is 19.6 Å². The molecule has 3 aliphatic rings. The maximum Gasteiger partial charge on any atom is 0.325 e. The van der Waals surface area contributed by atoms with Gasteiger partial charge in [0.05, 0.1) is 13.2 Å². The fourth-order valence-corrected chi connectivity index (χ4v) is 3.74. The molecule has 8 nitrogen and oxygen atoms in total. The van der Waals surface area contributed by atoms with E-state index in [9.17, 15) is 24.2 Å². The summed E-state index contributed by atoms with van der Waals surface area (Å²) in [4.78, 5) is 47.9. The van der Waals surface area contributed by atoms with Crippen molar-refractivity contribution in [2.24, 2.45) is 0 Å². The number of fused-ring (bicyclic) bond motifs is 1. The molecule has 0 aromatic heterocycles. The maximum absolute atomic E-state index is 11.5. The van der Waals surface area contributed by atoms with Crippen LogP contribution in [0.4, 0.5) is 0 Å². The standard InChI is InChI=1S/C10H18BNO4.C7H9NO2/c1-3-16-10(14)7-12-8(6-11(2)15)4-5-9(12)13;9-6-3-5-1-2-7(10)8(5)4-6/h8,15H,3-7H2,1-2H3;5H,1-4H2. The van der Waals surface area contributed by atoms with Gasteiger partial charge in [0.2, 0.25) is 11.8 Å². The third kappa shape index (κ3) is 5.30. The number of ketones is 1. The van der Waals surface area contributed by atoms with Gasteiger partial charge in [-0.1, -0.05) is 6.82 Å². The molecule has 3 heterocycles. The first-order valence-electron chi connectivity index (χ1n) is 9.26. The van der Waals surface area contributed by atoms with Crippen molar-refractivity contribution in [1.82, 2.24) is 9.80 Å². The molecule has 2 unspecified atom stereocenters. The molecule has 0 aromatic carbocycles. The Balaban J connectivity index is 0.000000206. The quantitative estimate of drug-likeness (QED) is 0.547. The average Bonchev–Trinajstić information content (AvgIpc) is 3.20. The highest BCUT2D eigenvalue weighted by molar-refractivity contribution is 6.48. The van der Waals surface area contributed by atoms with Crippen LogP contribution >= 0.6 is 0 Å². The molecule has 2 atom stereocenters. The van der Waals surface area contributed by atoms with Crippen LogP contribution in [0.3, 0.4) is 0 Å². The highest BCUT2D eigenvalue weighted by atomic mass is 16.5. The molecular formula is C17H27BN2O6. The summed E-state index contributed by atoms with van der Waals surface area (Å²) >= 11 is 0. The van der Waals surface area contributed by atoms with E-state index in [1.54, 1.807) is 18.6 Å². The minimum absolute atomic E-state index is 0.00403. The molecule has 3 fully saturated rings. The van der Waals surface area contributed by atoms with E-state index in [-0.39, 0.29) is 42.2 Å². The fourth-order valence-electron chi connectivity index (χ4n) is 3.74. The van der Waals surface area contributed by atoms with E-state index in [1.807, 2.05) is 0 Å². The number of hydrogen-bond donors (Lipinski definition) is 1. The molecule has 3 saturated heterocycles. The molecule has 0 aromatic rings. The summed E-state index contributed by atoms with van der Waals surface area (Å²) in [6.07, 6.45) is 3.83. The van der Waals surface area contributed by atoms with E-state index in [4.69, 9.17) is 4.74 Å². The van der Waals surface area contributed by atoms with Crippen molar-refractivity contribution >= 4 is 30.5 Å². The predicted molar refractivity (Wildman–Crippen MR) is 94.4 cm³/mol. The van der Waals surface area contributed by atoms with Crippen LogP contribution in [0.2, 0.25) is 13.1 Å². The number of esters is 1. The molecule has 3 aliphatic heterocycles. The molecule has 0 spiro atoms. The second kappa shape index (κ2) is 9.16. The zero-order valence-corrected chi connectivity index (χ0v) is 15.5. The molecule has 144 valence electrons. The summed E-state index contributed by atoms with van der Waals surface area (Å²) in [5.41, 5.74) is 0. The summed E-state index contributed by atoms with van der Waals surface area (Å²) in [7, 11) is 0. The molecule has 2 amide bonds. The molecule has 0 radical (unpaired) electrons. The lowest BCUT2D eigenvalue weighted by Crippen LogP contribution is -2.39. The van der Waals surface area contributed by atoms with Crippen LogP contribution in [0.25, 0.3) is 0 Å². The Bertz CT molecular complexity index is 567. The third-order valence-corrected chi connectivity index (χ3v) is 4.93. The summed E-state index contributed by atoms with van der Waals surface area (Å²) in [6, 6.07) is 0.233. The van der Waals surface area contributed by atoms with Gasteiger partial charge in [-0.05, 0) is 26.1 Å². The van der Waals surface area contributed by atoms with Gasteiger partial charge in [0.15, 0.2) is 5.78 Å². The zero-order chi connectivity index (χ0) is 19.3. The van der Waals surface area contributed by atoms with Crippen molar-refractivity contribution < 1.29 is 28.9 Å². The summed E-state index contributed by atoms with van der Waals surface area (Å²) < 4.78 is 4.81. The highest BCUT2D eigenvalue weighted by Gasteiger charge is 2.38. The van der Waals surface area contributed by atoms with Crippen molar-refractivity contribution in [3.8, 4) is 0 Å². The van der Waals surface area contributed by atoms with Gasteiger partial charge in [0, 0.05) is 31.3 Å². The van der Waals surface area contributed by atoms with Crippen molar-refractivity contribution in [3.05, 3.63) is 0 Å². The van der Waals surface area contributed by atoms with Crippen molar-refractivity contribution in [1.29, 1.82) is 0 Å². The van der Waals surface area contributed by atoms with E-state index in [2.05, 4.69) is 0 Å². The van der Waals surface area contributed by atoms with Crippen LogP contribution in [0, 0.1) is 0 Å². The SMILES string of the molecule is CCOC(=O)CN1C(=O)CCC1CB(C)O.O=C1CC2CCC(=O)N2C1. The number of hydrogen-bond acceptors (Lipinski definition) is 6. The predicted octanol–water partition coefficient (Wildman–Crippen LogP) is 0.104. The first kappa shape index (κ1) is 20.4. The largest absolute Gasteiger partial charge is 0.465 e. The number of nitrogens with zero attached hydrogens (tertiary/aromatic N) is 2. The third-order valence-electron chi connectivity index (χ3n) is 4.93. The van der Waals surface area contributed by atoms with Crippen molar-refractivity contribution in [3.63, 3.8) is 0 Å². The number of amides is 2. The normalized spacial score (nSPS) is 24.5.